The highest BCUT2D eigenvalue weighted by atomic mass is 19.1. The Morgan fingerprint density at radius 1 is 1.23 bits per heavy atom. The van der Waals surface area contributed by atoms with E-state index < -0.39 is 35.9 Å². The molecular weight excluding hydrogens is 453 g/mol. The molecule has 35 heavy (non-hydrogen) atoms. The van der Waals surface area contributed by atoms with Crippen LogP contribution in [-0.2, 0) is 14.3 Å². The number of carbonyl (C=O) groups excluding carboxylic acids is 2. The zero-order chi connectivity index (χ0) is 25.3. The van der Waals surface area contributed by atoms with E-state index in [0.717, 1.165) is 11.1 Å². The molecule has 0 bridgehead atoms. The van der Waals surface area contributed by atoms with Crippen molar-refractivity contribution in [2.75, 3.05) is 31.1 Å². The van der Waals surface area contributed by atoms with Crippen molar-refractivity contribution in [2.45, 2.75) is 57.7 Å². The fourth-order valence-corrected chi connectivity index (χ4v) is 4.47. The highest BCUT2D eigenvalue weighted by Crippen LogP contribution is 2.30. The smallest absolute Gasteiger partial charge is 0.410 e. The minimum Gasteiger partial charge on any atom is -0.444 e. The first-order valence-corrected chi connectivity index (χ1v) is 11.7. The lowest BCUT2D eigenvalue weighted by molar-refractivity contribution is -0.138. The third-order valence-electron chi connectivity index (χ3n) is 5.99. The Bertz CT molecular complexity index is 1160. The number of aromatic nitrogens is 1. The third-order valence-corrected chi connectivity index (χ3v) is 5.99. The van der Waals surface area contributed by atoms with Gasteiger partial charge in [-0.2, -0.15) is 5.26 Å². The number of halogens is 1. The SMILES string of the molecule is CC1CN(c2ccc(C#N)c3ncccc23)CC(C(=O)N[C@@H]2CN(C(=O)OC(C)(C)C)C[C@@H]2F)O1. The summed E-state index contributed by atoms with van der Waals surface area (Å²) in [5, 5.41) is 13.0. The zero-order valence-electron chi connectivity index (χ0n) is 20.3. The fourth-order valence-electron chi connectivity index (χ4n) is 4.47. The molecule has 0 radical (unpaired) electrons. The molecule has 4 atom stereocenters. The van der Waals surface area contributed by atoms with Gasteiger partial charge in [0.25, 0.3) is 5.91 Å². The minimum absolute atomic E-state index is 0.0275. The van der Waals surface area contributed by atoms with Gasteiger partial charge in [-0.15, -0.1) is 0 Å². The van der Waals surface area contributed by atoms with Gasteiger partial charge in [0, 0.05) is 30.4 Å². The molecule has 1 N–H and O–H groups in total. The third kappa shape index (κ3) is 5.46. The molecule has 0 saturated carbocycles. The maximum absolute atomic E-state index is 14.7. The monoisotopic (exact) mass is 483 g/mol. The summed E-state index contributed by atoms with van der Waals surface area (Å²) in [4.78, 5) is 33.0. The molecule has 4 rings (SSSR count). The Labute approximate surface area is 203 Å². The van der Waals surface area contributed by atoms with Crippen LogP contribution in [0.1, 0.15) is 33.3 Å². The van der Waals surface area contributed by atoms with Gasteiger partial charge in [0.1, 0.15) is 17.8 Å². The van der Waals surface area contributed by atoms with Gasteiger partial charge in [0.15, 0.2) is 6.10 Å². The van der Waals surface area contributed by atoms with Crippen molar-refractivity contribution in [1.29, 1.82) is 5.26 Å². The van der Waals surface area contributed by atoms with E-state index in [1.807, 2.05) is 24.0 Å². The fraction of sp³-hybridized carbons (Fsp3) is 0.520. The molecule has 2 aliphatic heterocycles. The summed E-state index contributed by atoms with van der Waals surface area (Å²) in [5.74, 6) is -0.434. The first-order chi connectivity index (χ1) is 16.6. The van der Waals surface area contributed by atoms with Gasteiger partial charge in [0.05, 0.1) is 36.3 Å². The molecule has 1 aromatic carbocycles. The van der Waals surface area contributed by atoms with Crippen molar-refractivity contribution in [1.82, 2.24) is 15.2 Å². The lowest BCUT2D eigenvalue weighted by Gasteiger charge is -2.38. The number of ether oxygens (including phenoxy) is 2. The molecule has 2 aromatic rings. The Morgan fingerprint density at radius 2 is 2.00 bits per heavy atom. The van der Waals surface area contributed by atoms with Crippen molar-refractivity contribution in [3.05, 3.63) is 36.0 Å². The Balaban J connectivity index is 1.46. The van der Waals surface area contributed by atoms with Crippen LogP contribution in [0, 0.1) is 11.3 Å². The predicted octanol–water partition coefficient (Wildman–Crippen LogP) is 2.77. The van der Waals surface area contributed by atoms with E-state index in [9.17, 15) is 19.2 Å². The van der Waals surface area contributed by atoms with E-state index in [0.29, 0.717) is 17.6 Å². The molecule has 3 heterocycles. The number of pyridine rings is 1. The van der Waals surface area contributed by atoms with Crippen LogP contribution < -0.4 is 10.2 Å². The number of amides is 2. The van der Waals surface area contributed by atoms with Crippen LogP contribution in [-0.4, -0.2) is 78.1 Å². The highest BCUT2D eigenvalue weighted by molar-refractivity contribution is 5.95. The summed E-state index contributed by atoms with van der Waals surface area (Å²) in [7, 11) is 0. The van der Waals surface area contributed by atoms with Gasteiger partial charge >= 0.3 is 6.09 Å². The number of benzene rings is 1. The van der Waals surface area contributed by atoms with Gasteiger partial charge in [-0.3, -0.25) is 9.78 Å². The highest BCUT2D eigenvalue weighted by Gasteiger charge is 2.40. The van der Waals surface area contributed by atoms with Gasteiger partial charge in [0.2, 0.25) is 0 Å². The maximum atomic E-state index is 14.7. The number of alkyl halides is 1. The van der Waals surface area contributed by atoms with Gasteiger partial charge in [-0.05, 0) is 52.0 Å². The average molecular weight is 484 g/mol. The quantitative estimate of drug-likeness (QED) is 0.715. The van der Waals surface area contributed by atoms with Gasteiger partial charge in [-0.25, -0.2) is 9.18 Å². The summed E-state index contributed by atoms with van der Waals surface area (Å²) in [5.41, 5.74) is 1.23. The van der Waals surface area contributed by atoms with Gasteiger partial charge < -0.3 is 24.6 Å². The number of anilines is 1. The largest absolute Gasteiger partial charge is 0.444 e. The normalized spacial score (nSPS) is 24.8. The number of nitrogens with one attached hydrogen (secondary N) is 1. The minimum atomic E-state index is -1.41. The molecule has 2 amide bonds. The first-order valence-electron chi connectivity index (χ1n) is 11.7. The maximum Gasteiger partial charge on any atom is 0.410 e. The molecule has 2 fully saturated rings. The molecule has 2 unspecified atom stereocenters. The summed E-state index contributed by atoms with van der Waals surface area (Å²) in [6.07, 6.45) is -1.46. The molecule has 186 valence electrons. The lowest BCUT2D eigenvalue weighted by Crippen LogP contribution is -2.55. The predicted molar refractivity (Wildman–Crippen MR) is 128 cm³/mol. The van der Waals surface area contributed by atoms with E-state index >= 15 is 0 Å². The van der Waals surface area contributed by atoms with E-state index in [1.54, 1.807) is 39.1 Å². The number of nitrogens with zero attached hydrogens (tertiary/aromatic N) is 4. The van der Waals surface area contributed by atoms with Crippen LogP contribution in [0.3, 0.4) is 0 Å². The zero-order valence-corrected chi connectivity index (χ0v) is 20.3. The Hall–Kier alpha value is -3.45. The van der Waals surface area contributed by atoms with E-state index in [1.165, 1.54) is 4.90 Å². The average Bonchev–Trinajstić information content (AvgIpc) is 3.17. The summed E-state index contributed by atoms with van der Waals surface area (Å²) in [6.45, 7) is 7.79. The van der Waals surface area contributed by atoms with Gasteiger partial charge in [-0.1, -0.05) is 0 Å². The molecule has 0 aliphatic carbocycles. The first kappa shape index (κ1) is 24.7. The molecule has 2 aliphatic rings. The summed E-state index contributed by atoms with van der Waals surface area (Å²) < 4.78 is 25.9. The van der Waals surface area contributed by atoms with Crippen molar-refractivity contribution < 1.29 is 23.5 Å². The molecule has 9 nitrogen and oxygen atoms in total. The molecule has 2 saturated heterocycles. The van der Waals surface area contributed by atoms with E-state index in [-0.39, 0.29) is 25.7 Å². The van der Waals surface area contributed by atoms with Crippen LogP contribution >= 0.6 is 0 Å². The van der Waals surface area contributed by atoms with Crippen LogP contribution in [0.15, 0.2) is 30.5 Å². The number of nitriles is 1. The summed E-state index contributed by atoms with van der Waals surface area (Å²) in [6, 6.07) is 8.59. The van der Waals surface area contributed by atoms with Crippen molar-refractivity contribution in [2.24, 2.45) is 0 Å². The number of hydrogen-bond donors (Lipinski definition) is 1. The second-order valence-electron chi connectivity index (χ2n) is 10.0. The van der Waals surface area contributed by atoms with E-state index in [2.05, 4.69) is 16.4 Å². The van der Waals surface area contributed by atoms with E-state index in [4.69, 9.17) is 9.47 Å². The summed E-state index contributed by atoms with van der Waals surface area (Å²) >= 11 is 0. The molecule has 10 heteroatoms. The van der Waals surface area contributed by atoms with Crippen molar-refractivity contribution >= 4 is 28.6 Å². The number of fused-ring (bicyclic) bond motifs is 1. The number of carbonyl (C=O) groups is 2. The number of rotatable bonds is 3. The second-order valence-corrected chi connectivity index (χ2v) is 10.0. The molecule has 0 spiro atoms. The number of morpholine rings is 1. The van der Waals surface area contributed by atoms with Crippen LogP contribution in [0.25, 0.3) is 10.9 Å². The standard InChI is InChI=1S/C25H30FN5O4/c1-15-11-30(20-8-7-16(10-27)22-17(20)6-5-9-28-22)14-21(34-15)23(32)29-19-13-31(12-18(19)26)24(33)35-25(2,3)4/h5-9,15,18-19,21H,11-14H2,1-4H3,(H,29,32)/t15?,18-,19+,21?/m0/s1. The topological polar surface area (TPSA) is 108 Å². The van der Waals surface area contributed by atoms with Crippen LogP contribution in [0.4, 0.5) is 14.9 Å². The number of likely N-dealkylation sites (tertiary alicyclic amines) is 1. The second kappa shape index (κ2) is 9.66. The Morgan fingerprint density at radius 3 is 2.71 bits per heavy atom. The number of hydrogen-bond acceptors (Lipinski definition) is 7. The van der Waals surface area contributed by atoms with Crippen LogP contribution in [0.5, 0.6) is 0 Å². The molecule has 1 aromatic heterocycles. The Kier molecular flexibility index (Phi) is 6.81. The lowest BCUT2D eigenvalue weighted by atomic mass is 10.1. The van der Waals surface area contributed by atoms with Crippen LogP contribution in [0.2, 0.25) is 0 Å². The molecular formula is C25H30FN5O4. The van der Waals surface area contributed by atoms with Crippen molar-refractivity contribution in [3.8, 4) is 6.07 Å². The van der Waals surface area contributed by atoms with Crippen molar-refractivity contribution in [3.63, 3.8) is 0 Å².